The molecule has 0 bridgehead atoms. The number of rotatable bonds is 38. The summed E-state index contributed by atoms with van der Waals surface area (Å²) in [4.78, 5) is 22.4. The molecule has 0 radical (unpaired) electrons. The van der Waals surface area contributed by atoms with Gasteiger partial charge in [-0.05, 0) is 70.3 Å². The molecule has 0 saturated carbocycles. The van der Waals surface area contributed by atoms with Gasteiger partial charge in [-0.1, -0.05) is 163 Å². The molecule has 9 heteroatoms. The summed E-state index contributed by atoms with van der Waals surface area (Å²) in [6.07, 6.45) is 55.4. The van der Waals surface area contributed by atoms with E-state index < -0.39 is 19.9 Å². The van der Waals surface area contributed by atoms with Crippen LogP contribution in [0.4, 0.5) is 0 Å². The molecule has 0 aliphatic carbocycles. The maximum atomic E-state index is 12.5. The molecule has 0 rings (SSSR count). The maximum Gasteiger partial charge on any atom is 0.472 e. The van der Waals surface area contributed by atoms with Crippen molar-refractivity contribution in [2.75, 3.05) is 26.4 Å². The van der Waals surface area contributed by atoms with Gasteiger partial charge in [-0.15, -0.1) is 0 Å². The smallest absolute Gasteiger partial charge is 0.472 e. The second-order valence-electron chi connectivity index (χ2n) is 13.2. The van der Waals surface area contributed by atoms with E-state index in [4.69, 9.17) is 24.3 Å². The van der Waals surface area contributed by atoms with Gasteiger partial charge in [0.15, 0.2) is 6.10 Å². The Kier molecular flexibility index (Phi) is 39.3. The van der Waals surface area contributed by atoms with Gasteiger partial charge in [0.2, 0.25) is 0 Å². The van der Waals surface area contributed by atoms with Crippen molar-refractivity contribution in [2.45, 2.75) is 155 Å². The Labute approximate surface area is 330 Å². The standard InChI is InChI=1S/C45H76NO7P/c1-3-5-7-9-11-13-15-17-19-21-22-23-24-26-28-30-32-34-36-38-45(47)53-44(43-52-54(48,49)51-41-39-46)42-50-40-37-35-33-31-29-27-25-20-18-16-14-12-10-8-6-4-2/h5,7,11,13,17,19,22-23,26,28,31-34,37,40,44H,3-4,6,8-10,12,14-16,18,20-21,24-25,27,29-30,35-36,38-39,41-43,46H2,1-2H3,(H,48,49)/b7-5-,13-11-,19-17-,23-22-,28-26-,33-31-,34-32-,40-37+. The number of carbonyl (C=O) groups is 1. The van der Waals surface area contributed by atoms with Crippen LogP contribution in [0.5, 0.6) is 0 Å². The van der Waals surface area contributed by atoms with Crippen LogP contribution in [0.25, 0.3) is 0 Å². The predicted octanol–water partition coefficient (Wildman–Crippen LogP) is 12.6. The summed E-state index contributed by atoms with van der Waals surface area (Å²) in [5.41, 5.74) is 5.35. The molecular weight excluding hydrogens is 697 g/mol. The van der Waals surface area contributed by atoms with E-state index in [1.54, 1.807) is 6.26 Å². The van der Waals surface area contributed by atoms with E-state index in [9.17, 15) is 14.3 Å². The summed E-state index contributed by atoms with van der Waals surface area (Å²) in [6, 6.07) is 0. The van der Waals surface area contributed by atoms with E-state index in [2.05, 4.69) is 86.8 Å². The zero-order valence-electron chi connectivity index (χ0n) is 33.9. The number of hydrogen-bond donors (Lipinski definition) is 2. The van der Waals surface area contributed by atoms with Gasteiger partial charge in [0, 0.05) is 13.0 Å². The van der Waals surface area contributed by atoms with E-state index >= 15 is 0 Å². The number of carbonyl (C=O) groups excluding carboxylic acids is 1. The van der Waals surface area contributed by atoms with Crippen LogP contribution in [0, 0.1) is 0 Å². The van der Waals surface area contributed by atoms with Crippen molar-refractivity contribution in [3.63, 3.8) is 0 Å². The molecule has 308 valence electrons. The highest BCUT2D eigenvalue weighted by Gasteiger charge is 2.25. The maximum absolute atomic E-state index is 12.5. The number of nitrogens with two attached hydrogens (primary N) is 1. The van der Waals surface area contributed by atoms with Crippen LogP contribution >= 0.6 is 7.82 Å². The molecule has 0 aromatic rings. The van der Waals surface area contributed by atoms with Gasteiger partial charge in [-0.25, -0.2) is 4.57 Å². The molecule has 3 N–H and O–H groups in total. The van der Waals surface area contributed by atoms with Crippen molar-refractivity contribution in [1.82, 2.24) is 0 Å². The average molecular weight is 774 g/mol. The van der Waals surface area contributed by atoms with Crippen LogP contribution in [0.3, 0.4) is 0 Å². The first-order valence-corrected chi connectivity index (χ1v) is 22.3. The second kappa shape index (κ2) is 41.4. The molecule has 54 heavy (non-hydrogen) atoms. The quantitative estimate of drug-likeness (QED) is 0.0209. The minimum atomic E-state index is -4.33. The van der Waals surface area contributed by atoms with Gasteiger partial charge in [-0.2, -0.15) is 0 Å². The summed E-state index contributed by atoms with van der Waals surface area (Å²) in [5, 5.41) is 0. The molecule has 2 unspecified atom stereocenters. The largest absolute Gasteiger partial charge is 0.498 e. The highest BCUT2D eigenvalue weighted by Crippen LogP contribution is 2.43. The monoisotopic (exact) mass is 774 g/mol. The summed E-state index contributed by atoms with van der Waals surface area (Å²) >= 11 is 0. The van der Waals surface area contributed by atoms with Crippen LogP contribution in [0.1, 0.15) is 149 Å². The number of unbranched alkanes of at least 4 members (excludes halogenated alkanes) is 11. The molecule has 0 aromatic carbocycles. The second-order valence-corrected chi connectivity index (χ2v) is 14.6. The Balaban J connectivity index is 4.31. The lowest BCUT2D eigenvalue weighted by atomic mass is 10.1. The normalized spacial score (nSPS) is 14.4. The third-order valence-electron chi connectivity index (χ3n) is 8.09. The Morgan fingerprint density at radius 1 is 0.593 bits per heavy atom. The van der Waals surface area contributed by atoms with Crippen LogP contribution in [-0.2, 0) is 27.9 Å². The summed E-state index contributed by atoms with van der Waals surface area (Å²) < 4.78 is 33.0. The Bertz CT molecular complexity index is 1140. The van der Waals surface area contributed by atoms with Crippen molar-refractivity contribution < 1.29 is 32.8 Å². The molecule has 0 spiro atoms. The summed E-state index contributed by atoms with van der Waals surface area (Å²) in [5.74, 6) is -0.448. The lowest BCUT2D eigenvalue weighted by molar-refractivity contribution is -0.153. The molecule has 0 amide bonds. The van der Waals surface area contributed by atoms with Crippen LogP contribution in [0.15, 0.2) is 97.4 Å². The molecule has 0 aliphatic heterocycles. The topological polar surface area (TPSA) is 117 Å². The molecule has 0 heterocycles. The number of phosphoric ester groups is 1. The van der Waals surface area contributed by atoms with Crippen LogP contribution in [-0.4, -0.2) is 43.3 Å². The first-order chi connectivity index (χ1) is 26.4. The molecule has 0 aromatic heterocycles. The van der Waals surface area contributed by atoms with E-state index in [0.29, 0.717) is 6.42 Å². The number of allylic oxidation sites excluding steroid dienone is 15. The van der Waals surface area contributed by atoms with Gasteiger partial charge in [0.25, 0.3) is 0 Å². The predicted molar refractivity (Wildman–Crippen MR) is 228 cm³/mol. The number of ether oxygens (including phenoxy) is 2. The van der Waals surface area contributed by atoms with Crippen LogP contribution in [0.2, 0.25) is 0 Å². The fraction of sp³-hybridized carbons (Fsp3) is 0.622. The lowest BCUT2D eigenvalue weighted by Crippen LogP contribution is -2.27. The van der Waals surface area contributed by atoms with Gasteiger partial charge in [0.1, 0.15) is 6.61 Å². The molecule has 0 saturated heterocycles. The fourth-order valence-corrected chi connectivity index (χ4v) is 5.86. The van der Waals surface area contributed by atoms with Gasteiger partial charge >= 0.3 is 13.8 Å². The average Bonchev–Trinajstić information content (AvgIpc) is 3.16. The van der Waals surface area contributed by atoms with E-state index in [1.165, 1.54) is 70.6 Å². The van der Waals surface area contributed by atoms with Crippen molar-refractivity contribution in [3.8, 4) is 0 Å². The van der Waals surface area contributed by atoms with E-state index in [0.717, 1.165) is 51.4 Å². The molecule has 2 atom stereocenters. The number of esters is 1. The summed E-state index contributed by atoms with van der Waals surface area (Å²) in [6.45, 7) is 3.97. The molecule has 0 fully saturated rings. The van der Waals surface area contributed by atoms with Gasteiger partial charge < -0.3 is 20.1 Å². The van der Waals surface area contributed by atoms with Gasteiger partial charge in [-0.3, -0.25) is 13.8 Å². The zero-order chi connectivity index (χ0) is 39.5. The fourth-order valence-electron chi connectivity index (χ4n) is 5.09. The number of phosphoric acid groups is 1. The van der Waals surface area contributed by atoms with E-state index in [1.807, 2.05) is 18.2 Å². The number of hydrogen-bond acceptors (Lipinski definition) is 7. The summed E-state index contributed by atoms with van der Waals surface area (Å²) in [7, 11) is -4.33. The van der Waals surface area contributed by atoms with Crippen molar-refractivity contribution in [1.29, 1.82) is 0 Å². The first-order valence-electron chi connectivity index (χ1n) is 20.8. The first kappa shape index (κ1) is 51.3. The van der Waals surface area contributed by atoms with E-state index in [-0.39, 0.29) is 32.8 Å². The molecule has 0 aliphatic rings. The highest BCUT2D eigenvalue weighted by molar-refractivity contribution is 7.47. The van der Waals surface area contributed by atoms with Crippen molar-refractivity contribution in [3.05, 3.63) is 97.4 Å². The molecule has 8 nitrogen and oxygen atoms in total. The third kappa shape index (κ3) is 40.4. The minimum Gasteiger partial charge on any atom is -0.498 e. The Morgan fingerprint density at radius 3 is 1.57 bits per heavy atom. The van der Waals surface area contributed by atoms with Crippen molar-refractivity contribution >= 4 is 13.8 Å². The van der Waals surface area contributed by atoms with Gasteiger partial charge in [0.05, 0.1) is 19.5 Å². The highest BCUT2D eigenvalue weighted by atomic mass is 31.2. The van der Waals surface area contributed by atoms with Crippen LogP contribution < -0.4 is 5.73 Å². The molecular formula is C45H76NO7P. The lowest BCUT2D eigenvalue weighted by Gasteiger charge is -2.19. The Hall–Kier alpha value is -2.74. The third-order valence-corrected chi connectivity index (χ3v) is 9.08. The SMILES string of the molecule is CC/C=C\C/C=C\C/C=C\C/C=C\C/C=C\C/C=C\CCC(=O)OC(CO/C=C/C/C=C\CCCCCCCCCCCCC)COP(=O)(O)OCCN. The zero-order valence-corrected chi connectivity index (χ0v) is 34.8. The Morgan fingerprint density at radius 2 is 1.06 bits per heavy atom. The van der Waals surface area contributed by atoms with Crippen molar-refractivity contribution in [2.24, 2.45) is 5.73 Å². The minimum absolute atomic E-state index is 0.0263.